The third-order valence-corrected chi connectivity index (χ3v) is 0.781. The van der Waals surface area contributed by atoms with Gasteiger partial charge >= 0.3 is 5.97 Å². The third kappa shape index (κ3) is 11.7. The van der Waals surface area contributed by atoms with Crippen molar-refractivity contribution in [2.75, 3.05) is 6.67 Å². The molecule has 0 atom stereocenters. The molecule has 0 amide bonds. The molecular weight excluding hydrogens is 179 g/mol. The number of carboxylic acid groups (broad SMARTS) is 1. The number of halogens is 1. The molecule has 12 heavy (non-hydrogen) atoms. The highest BCUT2D eigenvalue weighted by Gasteiger charge is 1.85. The average Bonchev–Trinajstić information content (AvgIpc) is 2.09. The van der Waals surface area contributed by atoms with Gasteiger partial charge in [0.1, 0.15) is 0 Å². The number of rotatable bonds is 1. The molecule has 0 saturated heterocycles. The summed E-state index contributed by atoms with van der Waals surface area (Å²) in [6, 6.07) is 12.0. The monoisotopic (exact) mass is 190 g/mol. The molecule has 1 rings (SSSR count). The Kier molecular flexibility index (Phi) is 11.3. The SMILES string of the molecule is O=C(O)CF.S.c1ccccc1. The molecule has 1 N–H and O–H groups in total. The third-order valence-electron chi connectivity index (χ3n) is 0.781. The average molecular weight is 190 g/mol. The molecule has 1 aromatic rings. The van der Waals surface area contributed by atoms with E-state index < -0.39 is 12.6 Å². The van der Waals surface area contributed by atoms with Gasteiger partial charge in [-0.25, -0.2) is 9.18 Å². The van der Waals surface area contributed by atoms with E-state index in [1.807, 2.05) is 36.4 Å². The molecule has 1 aromatic carbocycles. The predicted octanol–water partition coefficient (Wildman–Crippen LogP) is 1.84. The zero-order chi connectivity index (χ0) is 8.53. The molecule has 0 bridgehead atoms. The van der Waals surface area contributed by atoms with Crippen LogP contribution in [0, 0.1) is 0 Å². The highest BCUT2D eigenvalue weighted by Crippen LogP contribution is 1.79. The van der Waals surface area contributed by atoms with E-state index >= 15 is 0 Å². The second-order valence-electron chi connectivity index (χ2n) is 1.68. The Hall–Kier alpha value is -1.03. The minimum atomic E-state index is -1.41. The quantitative estimate of drug-likeness (QED) is 0.733. The molecule has 2 nitrogen and oxygen atoms in total. The minimum Gasteiger partial charge on any atom is -0.479 e. The van der Waals surface area contributed by atoms with Gasteiger partial charge in [-0.15, -0.1) is 0 Å². The van der Waals surface area contributed by atoms with E-state index in [4.69, 9.17) is 9.90 Å². The highest BCUT2D eigenvalue weighted by molar-refractivity contribution is 7.59. The second kappa shape index (κ2) is 9.97. The molecule has 0 aliphatic carbocycles. The first-order chi connectivity index (χ1) is 5.27. The van der Waals surface area contributed by atoms with Gasteiger partial charge in [-0.1, -0.05) is 36.4 Å². The Morgan fingerprint density at radius 1 is 1.08 bits per heavy atom. The Balaban J connectivity index is 0. The summed E-state index contributed by atoms with van der Waals surface area (Å²) in [5.74, 6) is -1.41. The summed E-state index contributed by atoms with van der Waals surface area (Å²) < 4.78 is 10.5. The predicted molar refractivity (Wildman–Crippen MR) is 50.4 cm³/mol. The van der Waals surface area contributed by atoms with Gasteiger partial charge in [-0.05, 0) is 0 Å². The largest absolute Gasteiger partial charge is 0.479 e. The molecule has 68 valence electrons. The summed E-state index contributed by atoms with van der Waals surface area (Å²) in [5, 5.41) is 7.35. The molecule has 4 heteroatoms. The zero-order valence-corrected chi connectivity index (χ0v) is 7.40. The summed E-state index contributed by atoms with van der Waals surface area (Å²) in [4.78, 5) is 8.99. The number of carbonyl (C=O) groups is 1. The Bertz CT molecular complexity index is 165. The summed E-state index contributed by atoms with van der Waals surface area (Å²) in [6.07, 6.45) is 0. The first-order valence-electron chi connectivity index (χ1n) is 3.05. The van der Waals surface area contributed by atoms with E-state index in [-0.39, 0.29) is 13.5 Å². The first-order valence-corrected chi connectivity index (χ1v) is 3.05. The standard InChI is InChI=1S/C6H6.C2H3FO2.H2S/c1-2-4-6-5-3-1;3-1-2(4)5;/h1-6H;1H2,(H,4,5);1H2. The molecule has 0 saturated carbocycles. The van der Waals surface area contributed by atoms with E-state index in [1.54, 1.807) is 0 Å². The molecule has 0 aliphatic heterocycles. The highest BCUT2D eigenvalue weighted by atomic mass is 32.1. The van der Waals surface area contributed by atoms with Crippen LogP contribution in [0.4, 0.5) is 4.39 Å². The Labute approximate surface area is 77.5 Å². The molecule has 0 radical (unpaired) electrons. The van der Waals surface area contributed by atoms with Crippen molar-refractivity contribution in [3.8, 4) is 0 Å². The fraction of sp³-hybridized carbons (Fsp3) is 0.125. The molecule has 0 fully saturated rings. The van der Waals surface area contributed by atoms with Crippen LogP contribution in [-0.2, 0) is 4.79 Å². The number of aliphatic carboxylic acids is 1. The van der Waals surface area contributed by atoms with Crippen LogP contribution < -0.4 is 0 Å². The van der Waals surface area contributed by atoms with Gasteiger partial charge < -0.3 is 5.11 Å². The molecule has 0 unspecified atom stereocenters. The lowest BCUT2D eigenvalue weighted by atomic mass is 10.4. The van der Waals surface area contributed by atoms with Crippen LogP contribution in [-0.4, -0.2) is 17.8 Å². The lowest BCUT2D eigenvalue weighted by Gasteiger charge is -1.69. The van der Waals surface area contributed by atoms with Gasteiger partial charge in [0.25, 0.3) is 0 Å². The zero-order valence-electron chi connectivity index (χ0n) is 6.40. The number of hydrogen-bond acceptors (Lipinski definition) is 1. The van der Waals surface area contributed by atoms with Crippen LogP contribution in [0.3, 0.4) is 0 Å². The number of hydrogen-bond donors (Lipinski definition) is 1. The van der Waals surface area contributed by atoms with Gasteiger partial charge in [0, 0.05) is 0 Å². The minimum absolute atomic E-state index is 0. The number of carboxylic acids is 1. The second-order valence-corrected chi connectivity index (χ2v) is 1.68. The van der Waals surface area contributed by atoms with E-state index in [1.165, 1.54) is 0 Å². The van der Waals surface area contributed by atoms with Crippen molar-refractivity contribution < 1.29 is 14.3 Å². The van der Waals surface area contributed by atoms with Crippen molar-refractivity contribution in [1.82, 2.24) is 0 Å². The molecule has 0 aliphatic rings. The number of benzene rings is 1. The van der Waals surface area contributed by atoms with Crippen LogP contribution in [0.25, 0.3) is 0 Å². The maximum atomic E-state index is 10.5. The molecule has 0 heterocycles. The van der Waals surface area contributed by atoms with Crippen molar-refractivity contribution in [3.05, 3.63) is 36.4 Å². The molecule has 0 aromatic heterocycles. The van der Waals surface area contributed by atoms with Gasteiger partial charge in [-0.2, -0.15) is 13.5 Å². The topological polar surface area (TPSA) is 37.3 Å². The van der Waals surface area contributed by atoms with E-state index in [0.717, 1.165) is 0 Å². The fourth-order valence-corrected chi connectivity index (χ4v) is 0.385. The lowest BCUT2D eigenvalue weighted by molar-refractivity contribution is -0.137. The van der Waals surface area contributed by atoms with Crippen molar-refractivity contribution in [1.29, 1.82) is 0 Å². The molecule has 0 spiro atoms. The van der Waals surface area contributed by atoms with Gasteiger partial charge in [0.2, 0.25) is 0 Å². The van der Waals surface area contributed by atoms with Gasteiger partial charge in [-0.3, -0.25) is 0 Å². The van der Waals surface area contributed by atoms with Gasteiger partial charge in [0.05, 0.1) is 0 Å². The van der Waals surface area contributed by atoms with Crippen LogP contribution in [0.2, 0.25) is 0 Å². The van der Waals surface area contributed by atoms with E-state index in [2.05, 4.69) is 0 Å². The van der Waals surface area contributed by atoms with Crippen molar-refractivity contribution in [2.45, 2.75) is 0 Å². The smallest absolute Gasteiger partial charge is 0.335 e. The fourth-order valence-electron chi connectivity index (χ4n) is 0.385. The first kappa shape index (κ1) is 13.6. The van der Waals surface area contributed by atoms with Crippen LogP contribution in [0.15, 0.2) is 36.4 Å². The van der Waals surface area contributed by atoms with Gasteiger partial charge in [0.15, 0.2) is 6.67 Å². The van der Waals surface area contributed by atoms with E-state index in [0.29, 0.717) is 0 Å². The van der Waals surface area contributed by atoms with E-state index in [9.17, 15) is 4.39 Å². The lowest BCUT2D eigenvalue weighted by Crippen LogP contribution is -1.93. The summed E-state index contributed by atoms with van der Waals surface area (Å²) in [6.45, 7) is -1.28. The summed E-state index contributed by atoms with van der Waals surface area (Å²) in [5.41, 5.74) is 0. The maximum Gasteiger partial charge on any atom is 0.335 e. The van der Waals surface area contributed by atoms with Crippen molar-refractivity contribution in [2.24, 2.45) is 0 Å². The summed E-state index contributed by atoms with van der Waals surface area (Å²) in [7, 11) is 0. The van der Waals surface area contributed by atoms with Crippen LogP contribution in [0.1, 0.15) is 0 Å². The number of alkyl halides is 1. The Morgan fingerprint density at radius 2 is 1.25 bits per heavy atom. The molecular formula is C8H11FO2S. The maximum absolute atomic E-state index is 10.5. The van der Waals surface area contributed by atoms with Crippen LogP contribution in [0.5, 0.6) is 0 Å². The van der Waals surface area contributed by atoms with Crippen LogP contribution >= 0.6 is 13.5 Å². The summed E-state index contributed by atoms with van der Waals surface area (Å²) >= 11 is 0. The normalized spacial score (nSPS) is 7.08. The Morgan fingerprint density at radius 3 is 1.33 bits per heavy atom. The van der Waals surface area contributed by atoms with Crippen molar-refractivity contribution in [3.63, 3.8) is 0 Å². The van der Waals surface area contributed by atoms with Crippen molar-refractivity contribution >= 4 is 19.5 Å².